The van der Waals surface area contributed by atoms with Crippen LogP contribution in [0.1, 0.15) is 78.7 Å². The van der Waals surface area contributed by atoms with Crippen LogP contribution in [-0.4, -0.2) is 42.3 Å². The molecule has 0 bridgehead atoms. The van der Waals surface area contributed by atoms with E-state index >= 15 is 0 Å². The molecule has 1 amide bonds. The average molecular weight is 566 g/mol. The van der Waals surface area contributed by atoms with Crippen LogP contribution in [0.4, 0.5) is 4.79 Å². The van der Waals surface area contributed by atoms with Gasteiger partial charge in [-0.25, -0.2) is 9.59 Å². The van der Waals surface area contributed by atoms with Crippen molar-refractivity contribution < 1.29 is 23.8 Å². The van der Waals surface area contributed by atoms with Gasteiger partial charge in [0, 0.05) is 11.5 Å². The van der Waals surface area contributed by atoms with Gasteiger partial charge in [0.05, 0.1) is 25.3 Å². The smallest absolute Gasteiger partial charge is 0.410 e. The molecular formula is C36H39NO5. The molecule has 5 rings (SSSR count). The van der Waals surface area contributed by atoms with E-state index in [0.717, 1.165) is 38.8 Å². The van der Waals surface area contributed by atoms with E-state index in [2.05, 4.69) is 36.4 Å². The van der Waals surface area contributed by atoms with Gasteiger partial charge in [-0.05, 0) is 86.7 Å². The molecule has 1 aliphatic rings. The first kappa shape index (κ1) is 29.2. The van der Waals surface area contributed by atoms with Crippen molar-refractivity contribution in [2.24, 2.45) is 0 Å². The number of carbonyl (C=O) groups excluding carboxylic acids is 2. The molecule has 3 atom stereocenters. The Morgan fingerprint density at radius 3 is 2.45 bits per heavy atom. The first-order chi connectivity index (χ1) is 20.0. The molecule has 42 heavy (non-hydrogen) atoms. The Morgan fingerprint density at radius 1 is 0.976 bits per heavy atom. The highest BCUT2D eigenvalue weighted by molar-refractivity contribution is 5.90. The number of hydrogen-bond acceptors (Lipinski definition) is 5. The Kier molecular flexibility index (Phi) is 8.26. The predicted molar refractivity (Wildman–Crippen MR) is 165 cm³/mol. The van der Waals surface area contributed by atoms with Gasteiger partial charge in [-0.2, -0.15) is 0 Å². The Labute approximate surface area is 248 Å². The molecule has 3 unspecified atom stereocenters. The number of nitrogens with zero attached hydrogens (tertiary/aromatic N) is 1. The fraction of sp³-hybridized carbons (Fsp3) is 0.333. The average Bonchev–Trinajstić information content (AvgIpc) is 2.97. The van der Waals surface area contributed by atoms with Crippen LogP contribution >= 0.6 is 0 Å². The molecule has 0 saturated carbocycles. The van der Waals surface area contributed by atoms with Crippen LogP contribution in [0, 0.1) is 6.92 Å². The minimum absolute atomic E-state index is 0.0309. The molecule has 0 aromatic heterocycles. The molecule has 4 aromatic rings. The van der Waals surface area contributed by atoms with Crippen LogP contribution in [0.3, 0.4) is 0 Å². The molecule has 1 heterocycles. The summed E-state index contributed by atoms with van der Waals surface area (Å²) in [6.45, 7) is 10.0. The first-order valence-electron chi connectivity index (χ1n) is 14.5. The Balaban J connectivity index is 1.52. The van der Waals surface area contributed by atoms with Crippen molar-refractivity contribution in [2.75, 3.05) is 13.7 Å². The third-order valence-corrected chi connectivity index (χ3v) is 7.78. The van der Waals surface area contributed by atoms with Crippen LogP contribution < -0.4 is 4.74 Å². The van der Waals surface area contributed by atoms with Gasteiger partial charge in [0.15, 0.2) is 0 Å². The van der Waals surface area contributed by atoms with Crippen molar-refractivity contribution in [1.82, 2.24) is 4.90 Å². The van der Waals surface area contributed by atoms with Crippen molar-refractivity contribution >= 4 is 22.8 Å². The first-order valence-corrected chi connectivity index (χ1v) is 14.5. The number of hydrogen-bond donors (Lipinski definition) is 0. The zero-order valence-electron chi connectivity index (χ0n) is 25.2. The summed E-state index contributed by atoms with van der Waals surface area (Å²) < 4.78 is 17.5. The van der Waals surface area contributed by atoms with E-state index in [1.807, 2.05) is 83.1 Å². The molecular weight excluding hydrogens is 526 g/mol. The van der Waals surface area contributed by atoms with Gasteiger partial charge in [0.1, 0.15) is 17.5 Å². The summed E-state index contributed by atoms with van der Waals surface area (Å²) in [5.41, 5.74) is 3.97. The van der Waals surface area contributed by atoms with Crippen molar-refractivity contribution in [2.45, 2.75) is 64.7 Å². The van der Waals surface area contributed by atoms with E-state index in [9.17, 15) is 9.59 Å². The van der Waals surface area contributed by atoms with E-state index in [4.69, 9.17) is 14.2 Å². The molecule has 0 saturated heterocycles. The number of fused-ring (bicyclic) bond motifs is 2. The lowest BCUT2D eigenvalue weighted by Gasteiger charge is -2.38. The van der Waals surface area contributed by atoms with Gasteiger partial charge in [0.2, 0.25) is 0 Å². The lowest BCUT2D eigenvalue weighted by atomic mass is 9.82. The number of para-hydroxylation sites is 1. The van der Waals surface area contributed by atoms with Gasteiger partial charge >= 0.3 is 12.1 Å². The van der Waals surface area contributed by atoms with E-state index < -0.39 is 5.60 Å². The molecule has 1 aliphatic heterocycles. The molecule has 6 nitrogen and oxygen atoms in total. The van der Waals surface area contributed by atoms with Crippen LogP contribution in [0.25, 0.3) is 10.8 Å². The third kappa shape index (κ3) is 6.28. The summed E-state index contributed by atoms with van der Waals surface area (Å²) in [5.74, 6) is 0.385. The number of rotatable bonds is 6. The topological polar surface area (TPSA) is 65.1 Å². The summed E-state index contributed by atoms with van der Waals surface area (Å²) in [4.78, 5) is 28.0. The molecule has 0 spiro atoms. The molecule has 6 heteroatoms. The van der Waals surface area contributed by atoms with Crippen molar-refractivity contribution in [1.29, 1.82) is 0 Å². The zero-order valence-corrected chi connectivity index (χ0v) is 25.2. The monoisotopic (exact) mass is 565 g/mol. The quantitative estimate of drug-likeness (QED) is 0.220. The minimum atomic E-state index is -0.651. The second kappa shape index (κ2) is 11.9. The van der Waals surface area contributed by atoms with Gasteiger partial charge in [-0.15, -0.1) is 0 Å². The van der Waals surface area contributed by atoms with Crippen LogP contribution in [0.5, 0.6) is 5.75 Å². The minimum Gasteiger partial charge on any atom is -0.488 e. The van der Waals surface area contributed by atoms with Crippen LogP contribution in [-0.2, 0) is 9.47 Å². The number of benzene rings is 4. The number of carbonyl (C=O) groups is 2. The fourth-order valence-corrected chi connectivity index (χ4v) is 5.88. The molecule has 0 N–H and O–H groups in total. The normalized spacial score (nSPS) is 17.1. The molecule has 218 valence electrons. The molecule has 0 fully saturated rings. The lowest BCUT2D eigenvalue weighted by molar-refractivity contribution is 0.00569. The van der Waals surface area contributed by atoms with E-state index in [-0.39, 0.29) is 30.1 Å². The Hall–Kier alpha value is -4.32. The number of aryl methyl sites for hydroxylation is 1. The van der Waals surface area contributed by atoms with Gasteiger partial charge in [-0.3, -0.25) is 4.90 Å². The zero-order chi connectivity index (χ0) is 30.0. The lowest BCUT2D eigenvalue weighted by Crippen LogP contribution is -2.45. The maximum Gasteiger partial charge on any atom is 0.410 e. The highest BCUT2D eigenvalue weighted by Gasteiger charge is 2.35. The molecule has 4 aromatic carbocycles. The largest absolute Gasteiger partial charge is 0.488 e. The second-order valence-corrected chi connectivity index (χ2v) is 12.1. The van der Waals surface area contributed by atoms with E-state index in [1.165, 1.54) is 7.11 Å². The number of methoxy groups -OCH3 is 1. The van der Waals surface area contributed by atoms with Gasteiger partial charge in [0.25, 0.3) is 0 Å². The Bertz CT molecular complexity index is 1600. The summed E-state index contributed by atoms with van der Waals surface area (Å²) in [7, 11) is 1.40. The highest BCUT2D eigenvalue weighted by Crippen LogP contribution is 2.42. The SMILES string of the molecule is COC(=O)c1cc(C)cc(C2CC(CN(C(=O)OC(C)(C)C)C(C)c3cccc4ccccc34)Oc3ccccc32)c1. The van der Waals surface area contributed by atoms with Crippen LogP contribution in [0.15, 0.2) is 84.9 Å². The predicted octanol–water partition coefficient (Wildman–Crippen LogP) is 8.22. The summed E-state index contributed by atoms with van der Waals surface area (Å²) in [6, 6.07) is 28.0. The van der Waals surface area contributed by atoms with Crippen molar-refractivity contribution in [3.63, 3.8) is 0 Å². The summed E-state index contributed by atoms with van der Waals surface area (Å²) >= 11 is 0. The number of amides is 1. The van der Waals surface area contributed by atoms with Crippen molar-refractivity contribution in [3.05, 3.63) is 113 Å². The second-order valence-electron chi connectivity index (χ2n) is 12.1. The standard InChI is InChI=1S/C36H39NO5/c1-23-18-26(20-27(19-23)34(38)40-6)32-21-28(41-33-17-10-9-15-31(32)33)22-37(35(39)42-36(3,4)5)24(2)29-16-11-13-25-12-7-8-14-30(25)29/h7-20,24,28,32H,21-22H2,1-6H3. The molecule has 0 radical (unpaired) electrons. The number of ether oxygens (including phenoxy) is 3. The third-order valence-electron chi connectivity index (χ3n) is 7.78. The summed E-state index contributed by atoms with van der Waals surface area (Å²) in [6.07, 6.45) is -0.0646. The van der Waals surface area contributed by atoms with Gasteiger partial charge < -0.3 is 14.2 Å². The molecule has 0 aliphatic carbocycles. The maximum atomic E-state index is 13.8. The van der Waals surface area contributed by atoms with Crippen LogP contribution in [0.2, 0.25) is 0 Å². The van der Waals surface area contributed by atoms with Crippen molar-refractivity contribution in [3.8, 4) is 5.75 Å². The highest BCUT2D eigenvalue weighted by atomic mass is 16.6. The van der Waals surface area contributed by atoms with Gasteiger partial charge in [-0.1, -0.05) is 66.7 Å². The van der Waals surface area contributed by atoms with E-state index in [0.29, 0.717) is 18.5 Å². The number of esters is 1. The maximum absolute atomic E-state index is 13.8. The Morgan fingerprint density at radius 2 is 1.69 bits per heavy atom. The summed E-state index contributed by atoms with van der Waals surface area (Å²) in [5, 5.41) is 2.22. The van der Waals surface area contributed by atoms with E-state index in [1.54, 1.807) is 4.90 Å². The fourth-order valence-electron chi connectivity index (χ4n) is 5.88.